The van der Waals surface area contributed by atoms with Crippen molar-refractivity contribution in [3.05, 3.63) is 0 Å². The molecule has 10 heavy (non-hydrogen) atoms. The number of aliphatic hydroxyl groups excluding tert-OH is 1. The summed E-state index contributed by atoms with van der Waals surface area (Å²) in [7, 11) is 2.06. The smallest absolute Gasteiger partial charge is 0.0601 e. The molecule has 1 rings (SSSR count). The molecule has 2 unspecified atom stereocenters. The van der Waals surface area contributed by atoms with Crippen LogP contribution in [0.4, 0.5) is 0 Å². The maximum atomic E-state index is 8.68. The van der Waals surface area contributed by atoms with E-state index in [0.717, 1.165) is 19.5 Å². The highest BCUT2D eigenvalue weighted by Crippen LogP contribution is 2.17. The second-order valence-electron chi connectivity index (χ2n) is 3.10. The van der Waals surface area contributed by atoms with E-state index in [0.29, 0.717) is 5.92 Å². The molecule has 1 aliphatic rings. The lowest BCUT2D eigenvalue weighted by Gasteiger charge is -2.14. The van der Waals surface area contributed by atoms with Crippen LogP contribution in [0.15, 0.2) is 0 Å². The first-order valence-electron chi connectivity index (χ1n) is 3.74. The Hall–Kier alpha value is -0.120. The molecule has 1 aliphatic heterocycles. The van der Waals surface area contributed by atoms with Gasteiger partial charge in [0, 0.05) is 12.6 Å². The summed E-state index contributed by atoms with van der Waals surface area (Å²) in [5, 5.41) is 8.68. The van der Waals surface area contributed by atoms with Gasteiger partial charge in [-0.2, -0.15) is 0 Å². The minimum absolute atomic E-state index is 0.0124. The molecule has 0 aliphatic carbocycles. The van der Waals surface area contributed by atoms with Gasteiger partial charge >= 0.3 is 0 Å². The second-order valence-corrected chi connectivity index (χ2v) is 3.10. The summed E-state index contributed by atoms with van der Waals surface area (Å²) in [4.78, 5) is 2.21. The number of nitrogens with one attached hydrogen (secondary N) is 1. The molecule has 3 heteroatoms. The van der Waals surface area contributed by atoms with Crippen molar-refractivity contribution in [3.63, 3.8) is 0 Å². The molecule has 1 saturated heterocycles. The normalized spacial score (nSPS) is 30.9. The van der Waals surface area contributed by atoms with Gasteiger partial charge in [-0.25, -0.2) is 0 Å². The SMILES string of the molecule is CN1CCC(C([NH])CO)C1. The van der Waals surface area contributed by atoms with E-state index < -0.39 is 0 Å². The Kier molecular flexibility index (Phi) is 2.65. The molecule has 0 spiro atoms. The third-order valence-corrected chi connectivity index (χ3v) is 2.19. The van der Waals surface area contributed by atoms with Crippen molar-refractivity contribution in [2.45, 2.75) is 12.5 Å². The predicted molar refractivity (Wildman–Crippen MR) is 39.6 cm³/mol. The first kappa shape index (κ1) is 7.98. The van der Waals surface area contributed by atoms with Gasteiger partial charge in [0.15, 0.2) is 0 Å². The van der Waals surface area contributed by atoms with Crippen LogP contribution >= 0.6 is 0 Å². The predicted octanol–water partition coefficient (Wildman–Crippen LogP) is -0.418. The Morgan fingerprint density at radius 2 is 2.50 bits per heavy atom. The van der Waals surface area contributed by atoms with Crippen molar-refractivity contribution in [1.29, 1.82) is 0 Å². The standard InChI is InChI=1S/C7H15N2O/c1-9-3-2-6(4-9)7(8)5-10/h6-8,10H,2-5H2,1H3. The third kappa shape index (κ3) is 1.68. The number of hydrogen-bond donors (Lipinski definition) is 1. The Morgan fingerprint density at radius 3 is 2.90 bits per heavy atom. The molecule has 3 nitrogen and oxygen atoms in total. The zero-order chi connectivity index (χ0) is 7.56. The summed E-state index contributed by atoms with van der Waals surface area (Å²) in [5.41, 5.74) is 7.43. The molecule has 0 amide bonds. The molecule has 0 aromatic rings. The lowest BCUT2D eigenvalue weighted by molar-refractivity contribution is 0.222. The zero-order valence-electron chi connectivity index (χ0n) is 6.38. The molecule has 0 bridgehead atoms. The van der Waals surface area contributed by atoms with Gasteiger partial charge < -0.3 is 10.0 Å². The van der Waals surface area contributed by atoms with E-state index in [1.807, 2.05) is 0 Å². The van der Waals surface area contributed by atoms with Crippen molar-refractivity contribution >= 4 is 0 Å². The van der Waals surface area contributed by atoms with E-state index in [1.165, 1.54) is 0 Å². The molecule has 1 radical (unpaired) electrons. The fourth-order valence-electron chi connectivity index (χ4n) is 1.45. The van der Waals surface area contributed by atoms with Gasteiger partial charge in [0.1, 0.15) is 0 Å². The van der Waals surface area contributed by atoms with Crippen molar-refractivity contribution < 1.29 is 5.11 Å². The van der Waals surface area contributed by atoms with E-state index in [2.05, 4.69) is 11.9 Å². The van der Waals surface area contributed by atoms with Gasteiger partial charge in [0.2, 0.25) is 0 Å². The molecule has 2 atom stereocenters. The first-order valence-corrected chi connectivity index (χ1v) is 3.74. The maximum Gasteiger partial charge on any atom is 0.0601 e. The highest BCUT2D eigenvalue weighted by molar-refractivity contribution is 4.80. The lowest BCUT2D eigenvalue weighted by atomic mass is 10.0. The summed E-state index contributed by atoms with van der Waals surface area (Å²) in [6.07, 6.45) is 1.07. The molecule has 2 N–H and O–H groups in total. The summed E-state index contributed by atoms with van der Waals surface area (Å²) in [6.45, 7) is 2.08. The van der Waals surface area contributed by atoms with Gasteiger partial charge in [0.25, 0.3) is 0 Å². The Balaban J connectivity index is 2.29. The number of aliphatic hydroxyl groups is 1. The minimum Gasteiger partial charge on any atom is -0.395 e. The van der Waals surface area contributed by atoms with E-state index >= 15 is 0 Å². The molecule has 1 fully saturated rings. The molecular formula is C7H15N2O. The topological polar surface area (TPSA) is 47.3 Å². The van der Waals surface area contributed by atoms with Crippen LogP contribution < -0.4 is 5.73 Å². The Bertz CT molecular complexity index is 108. The lowest BCUT2D eigenvalue weighted by Crippen LogP contribution is -2.28. The Morgan fingerprint density at radius 1 is 1.80 bits per heavy atom. The molecule has 0 aromatic carbocycles. The van der Waals surface area contributed by atoms with Gasteiger partial charge in [-0.05, 0) is 25.9 Å². The second kappa shape index (κ2) is 3.32. The first-order chi connectivity index (χ1) is 4.74. The number of nitrogens with zero attached hydrogens (tertiary/aromatic N) is 1. The van der Waals surface area contributed by atoms with Crippen LogP contribution in [-0.4, -0.2) is 42.8 Å². The average molecular weight is 143 g/mol. The Labute approximate surface area is 61.8 Å². The largest absolute Gasteiger partial charge is 0.395 e. The van der Waals surface area contributed by atoms with Gasteiger partial charge in [-0.3, -0.25) is 5.73 Å². The average Bonchev–Trinajstić information content (AvgIpc) is 2.34. The summed E-state index contributed by atoms with van der Waals surface area (Å²) < 4.78 is 0. The van der Waals surface area contributed by atoms with Crippen LogP contribution in [0, 0.1) is 5.92 Å². The molecule has 0 aromatic heterocycles. The summed E-state index contributed by atoms with van der Waals surface area (Å²) in [6, 6.07) is -0.259. The van der Waals surface area contributed by atoms with Crippen molar-refractivity contribution in [2.24, 2.45) is 5.92 Å². The fraction of sp³-hybridized carbons (Fsp3) is 1.00. The van der Waals surface area contributed by atoms with Crippen LogP contribution in [0.1, 0.15) is 6.42 Å². The van der Waals surface area contributed by atoms with Gasteiger partial charge in [-0.15, -0.1) is 0 Å². The monoisotopic (exact) mass is 143 g/mol. The van der Waals surface area contributed by atoms with Crippen molar-refractivity contribution in [1.82, 2.24) is 10.6 Å². The van der Waals surface area contributed by atoms with E-state index in [9.17, 15) is 0 Å². The maximum absolute atomic E-state index is 8.68. The highest BCUT2D eigenvalue weighted by Gasteiger charge is 2.24. The number of likely N-dealkylation sites (tertiary alicyclic amines) is 1. The van der Waals surface area contributed by atoms with E-state index in [4.69, 9.17) is 10.8 Å². The fourth-order valence-corrected chi connectivity index (χ4v) is 1.45. The van der Waals surface area contributed by atoms with Crippen molar-refractivity contribution in [3.8, 4) is 0 Å². The van der Waals surface area contributed by atoms with E-state index in [-0.39, 0.29) is 12.6 Å². The van der Waals surface area contributed by atoms with Crippen LogP contribution in [0.25, 0.3) is 0 Å². The third-order valence-electron chi connectivity index (χ3n) is 2.19. The quantitative estimate of drug-likeness (QED) is 0.571. The van der Waals surface area contributed by atoms with Crippen molar-refractivity contribution in [2.75, 3.05) is 26.7 Å². The summed E-state index contributed by atoms with van der Waals surface area (Å²) >= 11 is 0. The number of hydrogen-bond acceptors (Lipinski definition) is 2. The molecule has 0 saturated carbocycles. The minimum atomic E-state index is -0.259. The molecular weight excluding hydrogens is 128 g/mol. The number of rotatable bonds is 2. The summed E-state index contributed by atoms with van der Waals surface area (Å²) in [5.74, 6) is 0.398. The highest BCUT2D eigenvalue weighted by atomic mass is 16.3. The molecule has 1 heterocycles. The zero-order valence-corrected chi connectivity index (χ0v) is 6.38. The van der Waals surface area contributed by atoms with Gasteiger partial charge in [0.05, 0.1) is 6.61 Å². The van der Waals surface area contributed by atoms with Crippen LogP contribution in [0.2, 0.25) is 0 Å². The van der Waals surface area contributed by atoms with Crippen LogP contribution in [-0.2, 0) is 0 Å². The molecule has 59 valence electrons. The van der Waals surface area contributed by atoms with Crippen LogP contribution in [0.3, 0.4) is 0 Å². The van der Waals surface area contributed by atoms with Gasteiger partial charge in [-0.1, -0.05) is 0 Å². The van der Waals surface area contributed by atoms with E-state index in [1.54, 1.807) is 0 Å². The van der Waals surface area contributed by atoms with Crippen LogP contribution in [0.5, 0.6) is 0 Å².